The van der Waals surface area contributed by atoms with Gasteiger partial charge in [-0.1, -0.05) is 51.5 Å². The number of cyclic esters (lactones) is 1. The molecule has 0 aromatic carbocycles. The van der Waals surface area contributed by atoms with Gasteiger partial charge in [0.1, 0.15) is 91.1 Å². The zero-order chi connectivity index (χ0) is 57.0. The average molecular weight is 1120 g/mol. The van der Waals surface area contributed by atoms with Crippen molar-refractivity contribution >= 4 is 11.9 Å². The number of aliphatic hydroxyl groups is 10. The summed E-state index contributed by atoms with van der Waals surface area (Å²) >= 11 is 0. The zero-order valence-electron chi connectivity index (χ0n) is 46.4. The molecule has 10 N–H and O–H groups in total. The highest BCUT2D eigenvalue weighted by molar-refractivity contribution is 5.84. The third kappa shape index (κ3) is 10.2. The van der Waals surface area contributed by atoms with E-state index in [1.54, 1.807) is 19.9 Å². The predicted molar refractivity (Wildman–Crippen MR) is 267 cm³/mol. The van der Waals surface area contributed by atoms with E-state index in [0.29, 0.717) is 38.5 Å². The predicted octanol–water partition coefficient (Wildman–Crippen LogP) is -0.236. The SMILES string of the molecule is COC1C(O)COC(OC2C(O)C(CO)OC(OC3C(C)OC(OC4C(OC5CCC6(C)C7CCC89C(=O)OC(C)(CC=CC(C)(C)O)C8C(OC(C)=O)CC9(C)C7=CCC6C5(C)C)OCC(O)C4O)C(O)C3O)C2O)C1O. The Labute approximate surface area is 455 Å². The monoisotopic (exact) mass is 1110 g/mol. The van der Waals surface area contributed by atoms with Crippen molar-refractivity contribution in [3.8, 4) is 0 Å². The molecular formula is C55H86O23. The molecule has 23 heteroatoms. The second-order valence-corrected chi connectivity index (χ2v) is 25.5. The first-order valence-electron chi connectivity index (χ1n) is 27.7. The average Bonchev–Trinajstić information content (AvgIpc) is 3.77. The van der Waals surface area contributed by atoms with Crippen LogP contribution in [0.25, 0.3) is 0 Å². The van der Waals surface area contributed by atoms with Gasteiger partial charge in [0.2, 0.25) is 0 Å². The minimum Gasteiger partial charge on any atom is -0.462 e. The topological polar surface area (TPSA) is 338 Å². The molecule has 0 bridgehead atoms. The number of carbonyl (C=O) groups excluding carboxylic acids is 2. The maximum Gasteiger partial charge on any atom is 0.314 e. The lowest BCUT2D eigenvalue weighted by molar-refractivity contribution is -0.387. The number of allylic oxidation sites excluding steroid dienone is 2. The molecule has 0 aromatic heterocycles. The summed E-state index contributed by atoms with van der Waals surface area (Å²) in [6, 6.07) is 0. The molecular weight excluding hydrogens is 1030 g/mol. The Kier molecular flexibility index (Phi) is 17.0. The van der Waals surface area contributed by atoms with E-state index in [1.807, 2.05) is 13.0 Å². The highest BCUT2D eigenvalue weighted by atomic mass is 16.8. The lowest BCUT2D eigenvalue weighted by Gasteiger charge is -2.63. The van der Waals surface area contributed by atoms with Crippen LogP contribution in [0.15, 0.2) is 23.8 Å². The maximum atomic E-state index is 14.6. The number of methoxy groups -OCH3 is 1. The Bertz CT molecular complexity index is 2220. The van der Waals surface area contributed by atoms with E-state index in [9.17, 15) is 60.7 Å². The molecule has 27 unspecified atom stereocenters. The van der Waals surface area contributed by atoms with Crippen molar-refractivity contribution in [1.82, 2.24) is 0 Å². The van der Waals surface area contributed by atoms with Crippen molar-refractivity contribution in [1.29, 1.82) is 0 Å². The van der Waals surface area contributed by atoms with Gasteiger partial charge in [-0.2, -0.15) is 0 Å². The lowest BCUT2D eigenvalue weighted by atomic mass is 9.41. The van der Waals surface area contributed by atoms with Crippen molar-refractivity contribution in [2.24, 2.45) is 39.4 Å². The van der Waals surface area contributed by atoms with E-state index in [4.69, 9.17) is 52.1 Å². The number of esters is 2. The summed E-state index contributed by atoms with van der Waals surface area (Å²) in [4.78, 5) is 27.4. The van der Waals surface area contributed by atoms with E-state index in [0.717, 1.165) is 6.42 Å². The van der Waals surface area contributed by atoms with Gasteiger partial charge in [0.05, 0.1) is 49.0 Å². The van der Waals surface area contributed by atoms with Crippen LogP contribution in [0, 0.1) is 39.4 Å². The van der Waals surface area contributed by atoms with Crippen molar-refractivity contribution in [2.75, 3.05) is 26.9 Å². The first-order valence-corrected chi connectivity index (χ1v) is 27.7. The second-order valence-electron chi connectivity index (χ2n) is 25.5. The zero-order valence-corrected chi connectivity index (χ0v) is 46.4. The van der Waals surface area contributed by atoms with Crippen LogP contribution in [0.5, 0.6) is 0 Å². The van der Waals surface area contributed by atoms with Gasteiger partial charge >= 0.3 is 11.9 Å². The molecule has 0 aromatic rings. The fourth-order valence-electron chi connectivity index (χ4n) is 16.0. The van der Waals surface area contributed by atoms with Crippen LogP contribution in [0.1, 0.15) is 107 Å². The fourth-order valence-corrected chi connectivity index (χ4v) is 16.0. The Morgan fingerprint density at radius 1 is 0.769 bits per heavy atom. The number of hydrogen-bond acceptors (Lipinski definition) is 23. The largest absolute Gasteiger partial charge is 0.462 e. The number of carbonyl (C=O) groups is 2. The van der Waals surface area contributed by atoms with Crippen LogP contribution in [-0.4, -0.2) is 224 Å². The molecule has 5 saturated heterocycles. The molecule has 27 atom stereocenters. The summed E-state index contributed by atoms with van der Waals surface area (Å²) in [5.74, 6) is -1.01. The van der Waals surface area contributed by atoms with Gasteiger partial charge in [0.25, 0.3) is 0 Å². The minimum atomic E-state index is -1.88. The molecule has 5 heterocycles. The van der Waals surface area contributed by atoms with Crippen LogP contribution < -0.4 is 0 Å². The third-order valence-electron chi connectivity index (χ3n) is 19.8. The van der Waals surface area contributed by atoms with Gasteiger partial charge in [-0.25, -0.2) is 0 Å². The van der Waals surface area contributed by atoms with Gasteiger partial charge in [0.15, 0.2) is 25.2 Å². The normalized spacial score (nSPS) is 51.2. The molecule has 444 valence electrons. The quantitative estimate of drug-likeness (QED) is 0.0793. The molecule has 3 saturated carbocycles. The summed E-state index contributed by atoms with van der Waals surface area (Å²) < 4.78 is 65.9. The molecule has 1 spiro atoms. The van der Waals surface area contributed by atoms with E-state index in [-0.39, 0.29) is 36.4 Å². The summed E-state index contributed by atoms with van der Waals surface area (Å²) in [5.41, 5.74) is -3.30. The molecule has 5 aliphatic heterocycles. The van der Waals surface area contributed by atoms with Crippen molar-refractivity contribution < 1.29 is 113 Å². The third-order valence-corrected chi connectivity index (χ3v) is 19.8. The van der Waals surface area contributed by atoms with Crippen LogP contribution in [0.2, 0.25) is 0 Å². The fraction of sp³-hybridized carbons (Fsp3) is 0.891. The minimum absolute atomic E-state index is 0.0490. The molecule has 23 nitrogen and oxygen atoms in total. The highest BCUT2D eigenvalue weighted by Gasteiger charge is 2.79. The number of fused-ring (bicyclic) bond motifs is 4. The Balaban J connectivity index is 0.889. The molecule has 78 heavy (non-hydrogen) atoms. The van der Waals surface area contributed by atoms with Crippen LogP contribution in [-0.2, 0) is 61.7 Å². The Hall–Kier alpha value is -2.34. The smallest absolute Gasteiger partial charge is 0.314 e. The number of aliphatic hydroxyl groups excluding tert-OH is 9. The van der Waals surface area contributed by atoms with Gasteiger partial charge in [-0.15, -0.1) is 0 Å². The number of ether oxygens (including phenoxy) is 11. The van der Waals surface area contributed by atoms with Crippen LogP contribution >= 0.6 is 0 Å². The van der Waals surface area contributed by atoms with E-state index in [1.165, 1.54) is 26.5 Å². The first kappa shape index (κ1) is 60.3. The number of hydrogen-bond donors (Lipinski definition) is 10. The molecule has 9 rings (SSSR count). The Morgan fingerprint density at radius 2 is 1.41 bits per heavy atom. The maximum absolute atomic E-state index is 14.6. The Morgan fingerprint density at radius 3 is 2.08 bits per heavy atom. The van der Waals surface area contributed by atoms with E-state index >= 15 is 0 Å². The number of rotatable bonds is 14. The van der Waals surface area contributed by atoms with Gasteiger partial charge in [-0.3, -0.25) is 9.59 Å². The summed E-state index contributed by atoms with van der Waals surface area (Å²) in [6.07, 6.45) is -18.6. The molecule has 9 aliphatic rings. The molecule has 0 radical (unpaired) electrons. The summed E-state index contributed by atoms with van der Waals surface area (Å²) in [6.45, 7) is 15.5. The summed E-state index contributed by atoms with van der Waals surface area (Å²) in [5, 5.41) is 110. The molecule has 4 aliphatic carbocycles. The van der Waals surface area contributed by atoms with Crippen molar-refractivity contribution in [3.05, 3.63) is 23.8 Å². The van der Waals surface area contributed by atoms with Crippen LogP contribution in [0.3, 0.4) is 0 Å². The standard InChI is InChI=1S/C55H86O23/c1-24-40(75-47-39(65)42(35(61)31(21-56)73-47)76-45-38(64)41(68-10)29(59)23-69-45)36(62)37(63)46(71-24)77-43-34(60)28(58)22-70-48(43)74-33-15-18-52(7)26-14-19-55-44(54(9,78-49(55)66)17-11-16-50(3,4)67)30(72-25(2)57)20-53(55,8)27(26)12-13-32(52)51(33,5)6/h11-12,16,24,26,28-48,56,58-65,67H,13-15,17-23H2,1-10H3. The van der Waals surface area contributed by atoms with Gasteiger partial charge in [-0.05, 0) is 88.9 Å². The van der Waals surface area contributed by atoms with Gasteiger partial charge in [0, 0.05) is 25.9 Å². The van der Waals surface area contributed by atoms with Crippen molar-refractivity contribution in [3.63, 3.8) is 0 Å². The second kappa shape index (κ2) is 22.0. The van der Waals surface area contributed by atoms with Gasteiger partial charge < -0.3 is 103 Å². The lowest BCUT2D eigenvalue weighted by Crippen LogP contribution is -2.66. The van der Waals surface area contributed by atoms with Crippen LogP contribution in [0.4, 0.5) is 0 Å². The highest BCUT2D eigenvalue weighted by Crippen LogP contribution is 2.76. The summed E-state index contributed by atoms with van der Waals surface area (Å²) in [7, 11) is 1.26. The first-order chi connectivity index (χ1) is 36.5. The molecule has 0 amide bonds. The molecule has 8 fully saturated rings. The van der Waals surface area contributed by atoms with E-state index < -0.39 is 169 Å². The van der Waals surface area contributed by atoms with E-state index in [2.05, 4.69) is 33.8 Å². The van der Waals surface area contributed by atoms with Crippen molar-refractivity contribution in [2.45, 2.75) is 241 Å².